The van der Waals surface area contributed by atoms with Crippen LogP contribution in [0.25, 0.3) is 33.2 Å². The highest BCUT2D eigenvalue weighted by atomic mass is 19.4. The number of fused-ring (bicyclic) bond motifs is 3. The number of amides is 1. The zero-order chi connectivity index (χ0) is 27.9. The molecule has 1 amide bonds. The summed E-state index contributed by atoms with van der Waals surface area (Å²) in [6.07, 6.45) is -3.71. The number of benzene rings is 4. The van der Waals surface area contributed by atoms with Crippen LogP contribution >= 0.6 is 0 Å². The smallest absolute Gasteiger partial charge is 0.455 e. The number of carbonyl (C=O) groups excluding carboxylic acids is 1. The van der Waals surface area contributed by atoms with Crippen molar-refractivity contribution < 1.29 is 22.4 Å². The van der Waals surface area contributed by atoms with Crippen LogP contribution in [0, 0.1) is 0 Å². The Labute approximate surface area is 225 Å². The Morgan fingerprint density at radius 3 is 2.38 bits per heavy atom. The van der Waals surface area contributed by atoms with Crippen molar-refractivity contribution in [3.05, 3.63) is 103 Å². The molecule has 0 fully saturated rings. The first kappa shape index (κ1) is 24.9. The Morgan fingerprint density at radius 2 is 1.57 bits per heavy atom. The number of para-hydroxylation sites is 2. The average molecular weight is 540 g/mol. The number of aromatic nitrogens is 2. The van der Waals surface area contributed by atoms with E-state index in [-0.39, 0.29) is 11.4 Å². The van der Waals surface area contributed by atoms with Crippen molar-refractivity contribution in [3.63, 3.8) is 0 Å². The zero-order valence-electron chi connectivity index (χ0n) is 20.7. The second-order valence-electron chi connectivity index (χ2n) is 8.97. The second kappa shape index (κ2) is 9.73. The molecular weight excluding hydrogens is 519 g/mol. The van der Waals surface area contributed by atoms with Gasteiger partial charge in [-0.2, -0.15) is 13.2 Å². The van der Waals surface area contributed by atoms with Gasteiger partial charge in [0.1, 0.15) is 23.3 Å². The number of anilines is 5. The highest BCUT2D eigenvalue weighted by Crippen LogP contribution is 2.36. The molecule has 2 heterocycles. The van der Waals surface area contributed by atoms with E-state index in [1.54, 1.807) is 18.2 Å². The molecule has 0 aliphatic rings. The molecule has 0 aliphatic carbocycles. The first-order valence-electron chi connectivity index (χ1n) is 12.1. The molecule has 0 radical (unpaired) electrons. The van der Waals surface area contributed by atoms with Gasteiger partial charge in [0.2, 0.25) is 0 Å². The van der Waals surface area contributed by atoms with Crippen LogP contribution in [0.15, 0.2) is 108 Å². The van der Waals surface area contributed by atoms with Gasteiger partial charge in [-0.15, -0.1) is 0 Å². The molecule has 0 unspecified atom stereocenters. The molecule has 40 heavy (non-hydrogen) atoms. The number of rotatable bonds is 5. The number of hydrogen-bond acceptors (Lipinski definition) is 6. The Morgan fingerprint density at radius 1 is 0.825 bits per heavy atom. The molecule has 4 aromatic carbocycles. The maximum atomic E-state index is 13.5. The maximum absolute atomic E-state index is 13.5. The molecular formula is C30H20F3N5O2. The third-order valence-electron chi connectivity index (χ3n) is 6.32. The summed E-state index contributed by atoms with van der Waals surface area (Å²) in [6.45, 7) is 0. The van der Waals surface area contributed by atoms with Crippen molar-refractivity contribution >= 4 is 56.4 Å². The SMILES string of the molecule is Nc1ccc(N(C(=O)C(F)(F)F)c2cccc(Nc3cc(-c4cccc5c4oc4ccccc45)ncn3)c2)cc1. The Bertz CT molecular complexity index is 1870. The van der Waals surface area contributed by atoms with Gasteiger partial charge in [-0.05, 0) is 54.6 Å². The van der Waals surface area contributed by atoms with E-state index < -0.39 is 12.1 Å². The Balaban J connectivity index is 1.35. The van der Waals surface area contributed by atoms with Crippen LogP contribution in [0.2, 0.25) is 0 Å². The fourth-order valence-corrected chi connectivity index (χ4v) is 4.53. The molecule has 6 rings (SSSR count). The molecule has 0 spiro atoms. The molecule has 10 heteroatoms. The molecule has 0 bridgehead atoms. The van der Waals surface area contributed by atoms with Crippen molar-refractivity contribution in [2.45, 2.75) is 6.18 Å². The molecule has 0 aliphatic heterocycles. The number of nitrogens with two attached hydrogens (primary N) is 1. The lowest BCUT2D eigenvalue weighted by Crippen LogP contribution is -2.38. The highest BCUT2D eigenvalue weighted by Gasteiger charge is 2.43. The fraction of sp³-hybridized carbons (Fsp3) is 0.0333. The third kappa shape index (κ3) is 4.66. The van der Waals surface area contributed by atoms with E-state index in [1.165, 1.54) is 42.7 Å². The molecule has 0 atom stereocenters. The van der Waals surface area contributed by atoms with Crippen molar-refractivity contribution in [1.82, 2.24) is 9.97 Å². The summed E-state index contributed by atoms with van der Waals surface area (Å²) in [4.78, 5) is 21.7. The van der Waals surface area contributed by atoms with Crippen molar-refractivity contribution in [1.29, 1.82) is 0 Å². The third-order valence-corrected chi connectivity index (χ3v) is 6.32. The Hall–Kier alpha value is -5.38. The van der Waals surface area contributed by atoms with Crippen molar-refractivity contribution in [3.8, 4) is 11.3 Å². The first-order chi connectivity index (χ1) is 19.3. The van der Waals surface area contributed by atoms with Gasteiger partial charge < -0.3 is 15.5 Å². The van der Waals surface area contributed by atoms with E-state index in [2.05, 4.69) is 15.3 Å². The quantitative estimate of drug-likeness (QED) is 0.219. The average Bonchev–Trinajstić information content (AvgIpc) is 3.33. The number of nitrogens with zero attached hydrogens (tertiary/aromatic N) is 3. The van der Waals surface area contributed by atoms with Crippen LogP contribution in [0.5, 0.6) is 0 Å². The summed E-state index contributed by atoms with van der Waals surface area (Å²) in [7, 11) is 0. The van der Waals surface area contributed by atoms with Crippen molar-refractivity contribution in [2.24, 2.45) is 0 Å². The van der Waals surface area contributed by atoms with Crippen LogP contribution in [-0.4, -0.2) is 22.1 Å². The van der Waals surface area contributed by atoms with Gasteiger partial charge in [0, 0.05) is 39.5 Å². The molecule has 2 aromatic heterocycles. The normalized spacial score (nSPS) is 11.6. The van der Waals surface area contributed by atoms with Gasteiger partial charge in [0.25, 0.3) is 0 Å². The lowest BCUT2D eigenvalue weighted by Gasteiger charge is -2.24. The number of furan rings is 1. The number of hydrogen-bond donors (Lipinski definition) is 2. The molecule has 6 aromatic rings. The van der Waals surface area contributed by atoms with Crippen LogP contribution in [0.1, 0.15) is 0 Å². The summed E-state index contributed by atoms with van der Waals surface area (Å²) in [5.41, 5.74) is 9.29. The summed E-state index contributed by atoms with van der Waals surface area (Å²) in [5.74, 6) is -1.63. The molecule has 198 valence electrons. The minimum absolute atomic E-state index is 0.0124. The van der Waals surface area contributed by atoms with Crippen LogP contribution in [0.4, 0.5) is 41.7 Å². The fourth-order valence-electron chi connectivity index (χ4n) is 4.53. The number of carbonyl (C=O) groups is 1. The number of halogens is 3. The lowest BCUT2D eigenvalue weighted by molar-refractivity contribution is -0.169. The topological polar surface area (TPSA) is 97.3 Å². The largest absolute Gasteiger partial charge is 0.472 e. The van der Waals surface area contributed by atoms with Gasteiger partial charge in [-0.3, -0.25) is 9.69 Å². The molecule has 3 N–H and O–H groups in total. The number of nitrogens with one attached hydrogen (secondary N) is 1. The van der Waals surface area contributed by atoms with E-state index in [9.17, 15) is 18.0 Å². The number of alkyl halides is 3. The van der Waals surface area contributed by atoms with Crippen LogP contribution in [0.3, 0.4) is 0 Å². The summed E-state index contributed by atoms with van der Waals surface area (Å²) in [5, 5.41) is 5.04. The van der Waals surface area contributed by atoms with Crippen molar-refractivity contribution in [2.75, 3.05) is 16.0 Å². The lowest BCUT2D eigenvalue weighted by atomic mass is 10.1. The van der Waals surface area contributed by atoms with Gasteiger partial charge in [-0.25, -0.2) is 9.97 Å². The summed E-state index contributed by atoms with van der Waals surface area (Å²) in [6, 6.07) is 26.9. The summed E-state index contributed by atoms with van der Waals surface area (Å²) >= 11 is 0. The van der Waals surface area contributed by atoms with Crippen LogP contribution in [-0.2, 0) is 4.79 Å². The number of nitrogen functional groups attached to an aromatic ring is 1. The molecule has 7 nitrogen and oxygen atoms in total. The van der Waals surface area contributed by atoms with E-state index >= 15 is 0 Å². The van der Waals surface area contributed by atoms with E-state index in [1.807, 2.05) is 42.5 Å². The molecule has 0 saturated heterocycles. The van der Waals surface area contributed by atoms with E-state index in [4.69, 9.17) is 10.2 Å². The zero-order valence-corrected chi connectivity index (χ0v) is 20.7. The van der Waals surface area contributed by atoms with Gasteiger partial charge >= 0.3 is 12.1 Å². The first-order valence-corrected chi connectivity index (χ1v) is 12.1. The minimum atomic E-state index is -5.09. The minimum Gasteiger partial charge on any atom is -0.455 e. The monoisotopic (exact) mass is 539 g/mol. The molecule has 0 saturated carbocycles. The Kier molecular flexibility index (Phi) is 6.07. The van der Waals surface area contributed by atoms with E-state index in [0.29, 0.717) is 33.4 Å². The van der Waals surface area contributed by atoms with Gasteiger partial charge in [0.05, 0.1) is 11.4 Å². The maximum Gasteiger partial charge on any atom is 0.472 e. The van der Waals surface area contributed by atoms with Gasteiger partial charge in [-0.1, -0.05) is 36.4 Å². The van der Waals surface area contributed by atoms with E-state index in [0.717, 1.165) is 21.9 Å². The van der Waals surface area contributed by atoms with Crippen LogP contribution < -0.4 is 16.0 Å². The standard InChI is InChI=1S/C30H20F3N5O2/c31-30(32,33)29(39)38(20-13-11-18(34)12-14-20)21-6-3-5-19(15-21)37-27-16-25(35-17-36-27)24-9-4-8-23-22-7-1-2-10-26(22)40-28(23)24/h1-17H,34H2,(H,35,36,37). The predicted octanol–water partition coefficient (Wildman–Crippen LogP) is 7.60. The highest BCUT2D eigenvalue weighted by molar-refractivity contribution is 6.09. The second-order valence-corrected chi connectivity index (χ2v) is 8.97. The predicted molar refractivity (Wildman–Crippen MR) is 149 cm³/mol. The van der Waals surface area contributed by atoms with Gasteiger partial charge in [0.15, 0.2) is 0 Å². The summed E-state index contributed by atoms with van der Waals surface area (Å²) < 4.78 is 46.7.